The van der Waals surface area contributed by atoms with Crippen molar-refractivity contribution in [3.05, 3.63) is 59.2 Å². The van der Waals surface area contributed by atoms with Gasteiger partial charge in [0.2, 0.25) is 0 Å². The number of sulfone groups is 2. The minimum atomic E-state index is -4.43. The van der Waals surface area contributed by atoms with Gasteiger partial charge in [-0.2, -0.15) is 0 Å². The van der Waals surface area contributed by atoms with Gasteiger partial charge in [0.15, 0.2) is 31.2 Å². The maximum absolute atomic E-state index is 15.4. The van der Waals surface area contributed by atoms with Crippen molar-refractivity contribution < 1.29 is 44.6 Å². The Balaban J connectivity index is 1.83. The largest absolute Gasteiger partial charge is 0.490 e. The van der Waals surface area contributed by atoms with Crippen LogP contribution in [0.1, 0.15) is 30.4 Å². The Morgan fingerprint density at radius 1 is 1.00 bits per heavy atom. The molecule has 0 amide bonds. The van der Waals surface area contributed by atoms with Gasteiger partial charge in [-0.3, -0.25) is 0 Å². The zero-order valence-corrected chi connectivity index (χ0v) is 21.0. The quantitative estimate of drug-likeness (QED) is 0.513. The second-order valence-electron chi connectivity index (χ2n) is 9.00. The fourth-order valence-electron chi connectivity index (χ4n) is 5.16. The molecule has 0 saturated carbocycles. The van der Waals surface area contributed by atoms with Crippen LogP contribution in [0.4, 0.5) is 13.2 Å². The van der Waals surface area contributed by atoms with Crippen molar-refractivity contribution >= 4 is 19.7 Å². The fraction of sp³-hybridized carbons (Fsp3) is 0.500. The number of rotatable bonds is 9. The standard InChI is InChI=1S/C24H27F3O7S2/c25-14-16-2-4-17(5-3-16)36(31,32)24-9-11-33-21(8-13-35(29,30)12-1-10-28)18(24)15-34-23-20(27)7-6-19(26)22(23)24/h2-7,18,21,28H,1,8-15H2/t18-,21-,24-/m0/s1. The molecule has 0 radical (unpaired) electrons. The average Bonchev–Trinajstić information content (AvgIpc) is 2.87. The van der Waals surface area contributed by atoms with Gasteiger partial charge in [-0.05, 0) is 49.1 Å². The molecule has 12 heteroatoms. The van der Waals surface area contributed by atoms with E-state index >= 15 is 4.39 Å². The van der Waals surface area contributed by atoms with Gasteiger partial charge < -0.3 is 14.6 Å². The number of aliphatic hydroxyl groups is 1. The maximum Gasteiger partial charge on any atom is 0.189 e. The number of hydrogen-bond acceptors (Lipinski definition) is 7. The van der Waals surface area contributed by atoms with Crippen LogP contribution >= 0.6 is 0 Å². The SMILES string of the molecule is O=S(=O)(CCCO)CC[C@@H]1OCC[C@@]2(S(=O)(=O)c3ccc(CF)cc3)c3c(F)ccc(F)c3OC[C@@H]12. The van der Waals surface area contributed by atoms with Gasteiger partial charge in [0.25, 0.3) is 0 Å². The second kappa shape index (κ2) is 10.3. The third-order valence-corrected chi connectivity index (χ3v) is 11.3. The van der Waals surface area contributed by atoms with E-state index < -0.39 is 66.1 Å². The molecule has 0 unspecified atom stereocenters. The molecule has 2 aromatic carbocycles. The van der Waals surface area contributed by atoms with E-state index in [0.29, 0.717) is 0 Å². The summed E-state index contributed by atoms with van der Waals surface area (Å²) in [6, 6.07) is 6.78. The number of aliphatic hydroxyl groups excluding tert-OH is 1. The minimum Gasteiger partial charge on any atom is -0.490 e. The summed E-state index contributed by atoms with van der Waals surface area (Å²) in [7, 11) is -8.01. The van der Waals surface area contributed by atoms with Crippen LogP contribution < -0.4 is 4.74 Å². The summed E-state index contributed by atoms with van der Waals surface area (Å²) in [5.41, 5.74) is -0.185. The number of ether oxygens (including phenoxy) is 2. The van der Waals surface area contributed by atoms with Crippen molar-refractivity contribution in [3.8, 4) is 5.75 Å². The van der Waals surface area contributed by atoms with Gasteiger partial charge in [0, 0.05) is 19.1 Å². The molecule has 7 nitrogen and oxygen atoms in total. The minimum absolute atomic E-state index is 0.0610. The molecular formula is C24H27F3O7S2. The van der Waals surface area contributed by atoms with Crippen LogP contribution in [0.5, 0.6) is 5.75 Å². The van der Waals surface area contributed by atoms with Gasteiger partial charge in [-0.15, -0.1) is 0 Å². The van der Waals surface area contributed by atoms with Crippen LogP contribution in [-0.4, -0.2) is 59.4 Å². The molecule has 1 fully saturated rings. The first-order chi connectivity index (χ1) is 17.1. The Bertz CT molecular complexity index is 1310. The number of benzene rings is 2. The van der Waals surface area contributed by atoms with Gasteiger partial charge >= 0.3 is 0 Å². The Labute approximate surface area is 208 Å². The Kier molecular flexibility index (Phi) is 7.70. The van der Waals surface area contributed by atoms with Gasteiger partial charge in [-0.25, -0.2) is 30.0 Å². The molecule has 1 saturated heterocycles. The third kappa shape index (κ3) is 4.64. The van der Waals surface area contributed by atoms with Crippen LogP contribution in [-0.2, 0) is 35.8 Å². The first-order valence-corrected chi connectivity index (χ1v) is 14.8. The summed E-state index contributed by atoms with van der Waals surface area (Å²) >= 11 is 0. The Morgan fingerprint density at radius 3 is 2.36 bits per heavy atom. The summed E-state index contributed by atoms with van der Waals surface area (Å²) in [4.78, 5) is -0.197. The van der Waals surface area contributed by atoms with Crippen molar-refractivity contribution in [1.29, 1.82) is 0 Å². The summed E-state index contributed by atoms with van der Waals surface area (Å²) in [5.74, 6) is -4.00. The molecule has 36 heavy (non-hydrogen) atoms. The Hall–Kier alpha value is -2.15. The molecule has 0 aliphatic carbocycles. The van der Waals surface area contributed by atoms with Crippen LogP contribution in [0.15, 0.2) is 41.3 Å². The molecule has 1 N–H and O–H groups in total. The first kappa shape index (κ1) is 26.9. The highest BCUT2D eigenvalue weighted by Gasteiger charge is 2.61. The molecule has 0 bridgehead atoms. The van der Waals surface area contributed by atoms with Crippen molar-refractivity contribution in [2.24, 2.45) is 5.92 Å². The van der Waals surface area contributed by atoms with Crippen LogP contribution in [0.25, 0.3) is 0 Å². The molecule has 2 aromatic rings. The lowest BCUT2D eigenvalue weighted by Gasteiger charge is -2.50. The van der Waals surface area contributed by atoms with Crippen molar-refractivity contribution in [1.82, 2.24) is 0 Å². The zero-order chi connectivity index (χ0) is 26.1. The fourth-order valence-corrected chi connectivity index (χ4v) is 8.87. The smallest absolute Gasteiger partial charge is 0.189 e. The normalized spacial score (nSPS) is 24.0. The van der Waals surface area contributed by atoms with Crippen LogP contribution in [0, 0.1) is 17.6 Å². The lowest BCUT2D eigenvalue weighted by Crippen LogP contribution is -2.57. The molecule has 3 atom stereocenters. The molecule has 2 heterocycles. The van der Waals surface area contributed by atoms with E-state index in [0.717, 1.165) is 12.1 Å². The molecule has 2 aliphatic heterocycles. The number of fused-ring (bicyclic) bond motifs is 3. The number of alkyl halides is 1. The van der Waals surface area contributed by atoms with Gasteiger partial charge in [-0.1, -0.05) is 12.1 Å². The number of hydrogen-bond donors (Lipinski definition) is 1. The average molecular weight is 549 g/mol. The lowest BCUT2D eigenvalue weighted by atomic mass is 9.75. The molecule has 2 aliphatic rings. The molecule has 198 valence electrons. The van der Waals surface area contributed by atoms with E-state index in [4.69, 9.17) is 14.6 Å². The monoisotopic (exact) mass is 548 g/mol. The van der Waals surface area contributed by atoms with Crippen molar-refractivity contribution in [2.45, 2.75) is 41.7 Å². The van der Waals surface area contributed by atoms with Gasteiger partial charge in [0.1, 0.15) is 17.2 Å². The van der Waals surface area contributed by atoms with E-state index in [2.05, 4.69) is 0 Å². The molecule has 4 rings (SSSR count). The predicted molar refractivity (Wildman–Crippen MR) is 125 cm³/mol. The highest BCUT2D eigenvalue weighted by molar-refractivity contribution is 7.92. The van der Waals surface area contributed by atoms with E-state index in [1.165, 1.54) is 24.3 Å². The van der Waals surface area contributed by atoms with Crippen molar-refractivity contribution in [2.75, 3.05) is 31.3 Å². The predicted octanol–water partition coefficient (Wildman–Crippen LogP) is 3.09. The summed E-state index contributed by atoms with van der Waals surface area (Å²) in [5, 5.41) is 8.95. The third-order valence-electron chi connectivity index (χ3n) is 6.94. The molecular weight excluding hydrogens is 521 g/mol. The molecule has 0 aromatic heterocycles. The van der Waals surface area contributed by atoms with E-state index in [1.807, 2.05) is 0 Å². The first-order valence-electron chi connectivity index (χ1n) is 11.5. The summed E-state index contributed by atoms with van der Waals surface area (Å²) in [6.45, 7) is -1.57. The highest BCUT2D eigenvalue weighted by atomic mass is 32.2. The van der Waals surface area contributed by atoms with Crippen LogP contribution in [0.2, 0.25) is 0 Å². The zero-order valence-electron chi connectivity index (χ0n) is 19.3. The van der Waals surface area contributed by atoms with E-state index in [-0.39, 0.29) is 61.0 Å². The topological polar surface area (TPSA) is 107 Å². The summed E-state index contributed by atoms with van der Waals surface area (Å²) < 4.78 is 106. The Morgan fingerprint density at radius 2 is 1.69 bits per heavy atom. The van der Waals surface area contributed by atoms with Crippen LogP contribution in [0.3, 0.4) is 0 Å². The lowest BCUT2D eigenvalue weighted by molar-refractivity contribution is -0.0732. The van der Waals surface area contributed by atoms with Crippen molar-refractivity contribution in [3.63, 3.8) is 0 Å². The highest BCUT2D eigenvalue weighted by Crippen LogP contribution is 2.55. The van der Waals surface area contributed by atoms with E-state index in [9.17, 15) is 25.6 Å². The second-order valence-corrected chi connectivity index (χ2v) is 13.5. The van der Waals surface area contributed by atoms with Gasteiger partial charge in [0.05, 0.1) is 34.7 Å². The summed E-state index contributed by atoms with van der Waals surface area (Å²) in [6.07, 6.45) is -1.19. The molecule has 0 spiro atoms. The van der Waals surface area contributed by atoms with E-state index in [1.54, 1.807) is 0 Å². The maximum atomic E-state index is 15.4. The number of halogens is 3.